The Morgan fingerprint density at radius 2 is 0.837 bits per heavy atom. The van der Waals surface area contributed by atoms with Crippen molar-refractivity contribution in [2.24, 2.45) is 0 Å². The van der Waals surface area contributed by atoms with Crippen molar-refractivity contribution in [1.82, 2.24) is 0 Å². The van der Waals surface area contributed by atoms with E-state index in [0.29, 0.717) is 18.3 Å². The van der Waals surface area contributed by atoms with E-state index in [1.165, 1.54) is 15.9 Å². The molecule has 0 unspecified atom stereocenters. The van der Waals surface area contributed by atoms with E-state index in [0.717, 1.165) is 29.0 Å². The van der Waals surface area contributed by atoms with E-state index in [9.17, 15) is 0 Å². The summed E-state index contributed by atoms with van der Waals surface area (Å²) in [5, 5.41) is 11.2. The molecule has 0 radical (unpaired) electrons. The first kappa shape index (κ1) is 31.7. The maximum atomic E-state index is 5.40. The molecule has 0 saturated heterocycles. The fourth-order valence-electron chi connectivity index (χ4n) is 4.94. The van der Waals surface area contributed by atoms with Crippen molar-refractivity contribution in [3.05, 3.63) is 140 Å². The lowest BCUT2D eigenvalue weighted by Gasteiger charge is -2.26. The monoisotopic (exact) mass is 607 g/mol. The van der Waals surface area contributed by atoms with E-state index in [1.54, 1.807) is 0 Å². The van der Waals surface area contributed by atoms with Gasteiger partial charge in [-0.05, 0) is 118 Å². The number of rotatable bonds is 10. The van der Waals surface area contributed by atoms with E-state index in [-0.39, 0.29) is 0 Å². The lowest BCUT2D eigenvalue weighted by atomic mass is 10.3. The lowest BCUT2D eigenvalue weighted by Crippen LogP contribution is -2.32. The standard InChI is InChI=1S/C20H20P.C17H20N2O2S/c1-2-21(18-12-6-3-7-13-18,19-14-8-4-9-15-19)20-16-10-5-11-17-20;1-3-20-15-9-5-13(6-10-15)18-17(22)19-14-7-11-16(12-8-14)21-4-2/h3-17H,2H2,1H3;5-12H,3-4H2,1-2H3,(H2,18,19,22)/q+1;. The molecule has 0 spiro atoms. The van der Waals surface area contributed by atoms with Gasteiger partial charge in [-0.25, -0.2) is 0 Å². The summed E-state index contributed by atoms with van der Waals surface area (Å²) in [7, 11) is -1.53. The van der Waals surface area contributed by atoms with Gasteiger partial charge in [0.05, 0.1) is 19.4 Å². The quantitative estimate of drug-likeness (QED) is 0.124. The number of ether oxygens (including phenoxy) is 2. The van der Waals surface area contributed by atoms with Gasteiger partial charge in [-0.1, -0.05) is 54.6 Å². The van der Waals surface area contributed by atoms with Crippen LogP contribution < -0.4 is 36.0 Å². The molecule has 0 aliphatic heterocycles. The number of anilines is 2. The lowest BCUT2D eigenvalue weighted by molar-refractivity contribution is 0.340. The maximum absolute atomic E-state index is 5.40. The van der Waals surface area contributed by atoms with Crippen LogP contribution in [-0.2, 0) is 0 Å². The van der Waals surface area contributed by atoms with Crippen LogP contribution in [0.4, 0.5) is 11.4 Å². The van der Waals surface area contributed by atoms with E-state index in [2.05, 4.69) is 109 Å². The fraction of sp³-hybridized carbons (Fsp3) is 0.162. The van der Waals surface area contributed by atoms with Crippen molar-refractivity contribution in [2.75, 3.05) is 30.0 Å². The van der Waals surface area contributed by atoms with Crippen LogP contribution in [0.2, 0.25) is 0 Å². The number of benzene rings is 5. The number of hydrogen-bond donors (Lipinski definition) is 2. The van der Waals surface area contributed by atoms with Gasteiger partial charge in [0, 0.05) is 11.4 Å². The smallest absolute Gasteiger partial charge is 0.175 e. The molecule has 2 N–H and O–H groups in total. The summed E-state index contributed by atoms with van der Waals surface area (Å²) in [4.78, 5) is 0. The zero-order valence-corrected chi connectivity index (χ0v) is 26.8. The van der Waals surface area contributed by atoms with Gasteiger partial charge in [0.15, 0.2) is 5.11 Å². The van der Waals surface area contributed by atoms with Gasteiger partial charge in [-0.15, -0.1) is 0 Å². The van der Waals surface area contributed by atoms with Crippen LogP contribution in [0.3, 0.4) is 0 Å². The Balaban J connectivity index is 0.000000197. The molecule has 6 heteroatoms. The largest absolute Gasteiger partial charge is 0.494 e. The van der Waals surface area contributed by atoms with Crippen molar-refractivity contribution < 1.29 is 9.47 Å². The average molecular weight is 608 g/mol. The Labute approximate surface area is 262 Å². The zero-order chi connectivity index (χ0) is 30.3. The minimum absolute atomic E-state index is 0.535. The van der Waals surface area contributed by atoms with Gasteiger partial charge >= 0.3 is 0 Å². The third kappa shape index (κ3) is 8.67. The normalized spacial score (nSPS) is 10.6. The molecule has 0 aliphatic carbocycles. The zero-order valence-electron chi connectivity index (χ0n) is 25.1. The summed E-state index contributed by atoms with van der Waals surface area (Å²) < 4.78 is 10.8. The third-order valence-electron chi connectivity index (χ3n) is 6.91. The molecule has 0 aromatic heterocycles. The van der Waals surface area contributed by atoms with Crippen LogP contribution in [0, 0.1) is 0 Å². The molecule has 5 rings (SSSR count). The van der Waals surface area contributed by atoms with Crippen LogP contribution in [-0.4, -0.2) is 24.5 Å². The molecule has 0 amide bonds. The van der Waals surface area contributed by atoms with Gasteiger partial charge in [0.25, 0.3) is 0 Å². The van der Waals surface area contributed by atoms with E-state index in [4.69, 9.17) is 21.7 Å². The second-order valence-corrected chi connectivity index (χ2v) is 13.8. The highest BCUT2D eigenvalue weighted by Crippen LogP contribution is 2.54. The molecule has 220 valence electrons. The van der Waals surface area contributed by atoms with Crippen molar-refractivity contribution in [1.29, 1.82) is 0 Å². The highest BCUT2D eigenvalue weighted by molar-refractivity contribution is 7.95. The van der Waals surface area contributed by atoms with E-state index in [1.807, 2.05) is 62.4 Å². The third-order valence-corrected chi connectivity index (χ3v) is 11.6. The van der Waals surface area contributed by atoms with Gasteiger partial charge in [0.1, 0.15) is 34.7 Å². The number of hydrogen-bond acceptors (Lipinski definition) is 3. The molecule has 0 aliphatic rings. The predicted molar refractivity (Wildman–Crippen MR) is 191 cm³/mol. The van der Waals surface area contributed by atoms with Gasteiger partial charge in [-0.3, -0.25) is 0 Å². The van der Waals surface area contributed by atoms with Gasteiger partial charge < -0.3 is 20.1 Å². The Bertz CT molecular complexity index is 1360. The summed E-state index contributed by atoms with van der Waals surface area (Å²) in [5.41, 5.74) is 1.82. The number of thiocarbonyl (C=S) groups is 1. The second kappa shape index (κ2) is 16.5. The van der Waals surface area contributed by atoms with Gasteiger partial charge in [-0.2, -0.15) is 0 Å². The first-order valence-electron chi connectivity index (χ1n) is 14.7. The molecule has 4 nitrogen and oxygen atoms in total. The summed E-state index contributed by atoms with van der Waals surface area (Å²) >= 11 is 5.30. The summed E-state index contributed by atoms with van der Waals surface area (Å²) in [5.74, 6) is 1.69. The molecule has 0 saturated carbocycles. The first-order chi connectivity index (χ1) is 21.1. The molecule has 43 heavy (non-hydrogen) atoms. The van der Waals surface area contributed by atoms with Crippen molar-refractivity contribution >= 4 is 51.9 Å². The molecule has 0 fully saturated rings. The highest BCUT2D eigenvalue weighted by atomic mass is 32.1. The first-order valence-corrected chi connectivity index (χ1v) is 17.1. The van der Waals surface area contributed by atoms with Crippen LogP contribution in [0.5, 0.6) is 11.5 Å². The highest BCUT2D eigenvalue weighted by Gasteiger charge is 2.43. The number of nitrogens with one attached hydrogen (secondary N) is 2. The fourth-order valence-corrected chi connectivity index (χ4v) is 9.21. The molecular formula is C37H40N2O2PS+. The Hall–Kier alpha value is -4.18. The summed E-state index contributed by atoms with van der Waals surface area (Å²) in [6.07, 6.45) is 1.14. The Kier molecular flexibility index (Phi) is 12.1. The summed E-state index contributed by atoms with van der Waals surface area (Å²) in [6.45, 7) is 7.56. The average Bonchev–Trinajstić information content (AvgIpc) is 3.06. The SMILES string of the molecule is CCOc1ccc(NC(=S)Nc2ccc(OCC)cc2)cc1.CC[P+](c1ccccc1)(c1ccccc1)c1ccccc1. The van der Waals surface area contributed by atoms with Crippen molar-refractivity contribution in [2.45, 2.75) is 20.8 Å². The Morgan fingerprint density at radius 3 is 1.12 bits per heavy atom. The van der Waals surface area contributed by atoms with Crippen LogP contribution in [0.25, 0.3) is 0 Å². The molecule has 0 heterocycles. The molecule has 5 aromatic carbocycles. The molecule has 5 aromatic rings. The molecule has 0 bridgehead atoms. The van der Waals surface area contributed by atoms with Gasteiger partial charge in [0.2, 0.25) is 0 Å². The van der Waals surface area contributed by atoms with E-state index >= 15 is 0 Å². The second-order valence-electron chi connectivity index (χ2n) is 9.63. The molecule has 0 atom stereocenters. The predicted octanol–water partition coefficient (Wildman–Crippen LogP) is 8.29. The Morgan fingerprint density at radius 1 is 0.512 bits per heavy atom. The van der Waals surface area contributed by atoms with Crippen molar-refractivity contribution in [3.8, 4) is 11.5 Å². The topological polar surface area (TPSA) is 42.5 Å². The van der Waals surface area contributed by atoms with Crippen molar-refractivity contribution in [3.63, 3.8) is 0 Å². The van der Waals surface area contributed by atoms with Crippen LogP contribution in [0.1, 0.15) is 20.8 Å². The minimum Gasteiger partial charge on any atom is -0.494 e. The van der Waals surface area contributed by atoms with Crippen LogP contribution in [0.15, 0.2) is 140 Å². The minimum atomic E-state index is -1.53. The maximum Gasteiger partial charge on any atom is 0.175 e. The van der Waals surface area contributed by atoms with Crippen LogP contribution >= 0.6 is 19.5 Å². The summed E-state index contributed by atoms with van der Waals surface area (Å²) in [6, 6.07) is 48.3. The molecular weight excluding hydrogens is 567 g/mol. The van der Waals surface area contributed by atoms with E-state index < -0.39 is 7.26 Å².